The zero-order valence-electron chi connectivity index (χ0n) is 14.0. The normalized spacial score (nSPS) is 16.4. The summed E-state index contributed by atoms with van der Waals surface area (Å²) in [6.07, 6.45) is 8.92. The minimum Gasteiger partial charge on any atom is -0.303 e. The summed E-state index contributed by atoms with van der Waals surface area (Å²) in [7, 11) is 0. The Labute approximate surface area is 140 Å². The fourth-order valence-electron chi connectivity index (χ4n) is 3.38. The van der Waals surface area contributed by atoms with Crippen LogP contribution in [0.15, 0.2) is 60.7 Å². The van der Waals surface area contributed by atoms with Crippen LogP contribution in [0.25, 0.3) is 11.6 Å². The Bertz CT molecular complexity index is 594. The summed E-state index contributed by atoms with van der Waals surface area (Å²) in [5.41, 5.74) is 4.10. The van der Waals surface area contributed by atoms with E-state index in [2.05, 4.69) is 71.6 Å². The van der Waals surface area contributed by atoms with E-state index in [1.807, 2.05) is 0 Å². The fraction of sp³-hybridized carbons (Fsp3) is 0.364. The highest BCUT2D eigenvalue weighted by molar-refractivity contribution is 5.81. The van der Waals surface area contributed by atoms with Gasteiger partial charge in [-0.2, -0.15) is 0 Å². The first-order chi connectivity index (χ1) is 11.4. The summed E-state index contributed by atoms with van der Waals surface area (Å²) >= 11 is 0. The van der Waals surface area contributed by atoms with Gasteiger partial charge in [0.15, 0.2) is 0 Å². The van der Waals surface area contributed by atoms with Gasteiger partial charge in [0, 0.05) is 0 Å². The zero-order chi connectivity index (χ0) is 15.7. The molecule has 0 unspecified atom stereocenters. The molecule has 120 valence electrons. The zero-order valence-corrected chi connectivity index (χ0v) is 14.0. The molecule has 0 bridgehead atoms. The maximum absolute atomic E-state index is 2.63. The van der Waals surface area contributed by atoms with Crippen LogP contribution in [0.4, 0.5) is 0 Å². The van der Waals surface area contributed by atoms with Gasteiger partial charge in [0.2, 0.25) is 0 Å². The third kappa shape index (κ3) is 5.07. The van der Waals surface area contributed by atoms with Crippen LogP contribution < -0.4 is 0 Å². The van der Waals surface area contributed by atoms with Crippen molar-refractivity contribution in [2.45, 2.75) is 32.1 Å². The molecule has 1 nitrogen and oxygen atoms in total. The van der Waals surface area contributed by atoms with E-state index in [1.165, 1.54) is 62.0 Å². The predicted octanol–water partition coefficient (Wildman–Crippen LogP) is 5.49. The van der Waals surface area contributed by atoms with Crippen molar-refractivity contribution in [1.29, 1.82) is 0 Å². The number of nitrogens with zero attached hydrogens (tertiary/aromatic N) is 1. The second-order valence-corrected chi connectivity index (χ2v) is 6.45. The molecule has 1 heteroatoms. The van der Waals surface area contributed by atoms with Crippen LogP contribution in [0, 0.1) is 0 Å². The van der Waals surface area contributed by atoms with Crippen LogP contribution in [-0.2, 0) is 0 Å². The minimum absolute atomic E-state index is 1.15. The molecule has 3 rings (SSSR count). The number of piperidine rings is 1. The van der Waals surface area contributed by atoms with Crippen LogP contribution in [0.5, 0.6) is 0 Å². The Balaban J connectivity index is 1.67. The largest absolute Gasteiger partial charge is 0.303 e. The monoisotopic (exact) mass is 305 g/mol. The van der Waals surface area contributed by atoms with E-state index in [-0.39, 0.29) is 0 Å². The molecule has 0 saturated carbocycles. The molecule has 2 aromatic rings. The lowest BCUT2D eigenvalue weighted by molar-refractivity contribution is 0.227. The smallest absolute Gasteiger partial charge is 0.00156 e. The summed E-state index contributed by atoms with van der Waals surface area (Å²) in [5.74, 6) is 0. The molecule has 1 aliphatic rings. The summed E-state index contributed by atoms with van der Waals surface area (Å²) in [6, 6.07) is 21.5. The Kier molecular flexibility index (Phi) is 6.05. The molecule has 0 spiro atoms. The van der Waals surface area contributed by atoms with Crippen molar-refractivity contribution in [1.82, 2.24) is 4.90 Å². The molecular formula is C22H27N. The molecule has 1 heterocycles. The third-order valence-corrected chi connectivity index (χ3v) is 4.65. The molecule has 1 aliphatic heterocycles. The first kappa shape index (κ1) is 16.0. The van der Waals surface area contributed by atoms with Crippen LogP contribution in [0.1, 0.15) is 43.2 Å². The lowest BCUT2D eigenvalue weighted by Crippen LogP contribution is -2.30. The molecule has 0 radical (unpaired) electrons. The van der Waals surface area contributed by atoms with Crippen LogP contribution in [-0.4, -0.2) is 24.5 Å². The quantitative estimate of drug-likeness (QED) is 0.638. The van der Waals surface area contributed by atoms with E-state index in [9.17, 15) is 0 Å². The highest BCUT2D eigenvalue weighted by Gasteiger charge is 2.10. The SMILES string of the molecule is C(=C(/CCCN1CCCCC1)c1ccccc1)/c1ccccc1. The lowest BCUT2D eigenvalue weighted by Gasteiger charge is -2.26. The molecule has 0 aliphatic carbocycles. The fourth-order valence-corrected chi connectivity index (χ4v) is 3.38. The van der Waals surface area contributed by atoms with Crippen molar-refractivity contribution >= 4 is 11.6 Å². The van der Waals surface area contributed by atoms with Gasteiger partial charge >= 0.3 is 0 Å². The summed E-state index contributed by atoms with van der Waals surface area (Å²) in [5, 5.41) is 0. The number of benzene rings is 2. The van der Waals surface area contributed by atoms with Gasteiger partial charge in [-0.25, -0.2) is 0 Å². The molecule has 0 aromatic heterocycles. The standard InChI is InChI=1S/C22H27N/c1-4-11-20(12-5-1)19-22(21-13-6-2-7-14-21)15-10-18-23-16-8-3-9-17-23/h1-2,4-7,11-14,19H,3,8-10,15-18H2/b22-19+. The number of hydrogen-bond donors (Lipinski definition) is 0. The molecule has 0 amide bonds. The highest BCUT2D eigenvalue weighted by Crippen LogP contribution is 2.23. The van der Waals surface area contributed by atoms with E-state index in [0.717, 1.165) is 6.42 Å². The van der Waals surface area contributed by atoms with Gasteiger partial charge in [-0.15, -0.1) is 0 Å². The van der Waals surface area contributed by atoms with E-state index in [1.54, 1.807) is 0 Å². The third-order valence-electron chi connectivity index (χ3n) is 4.65. The summed E-state index contributed by atoms with van der Waals surface area (Å²) < 4.78 is 0. The summed E-state index contributed by atoms with van der Waals surface area (Å²) in [4.78, 5) is 2.63. The average molecular weight is 305 g/mol. The number of allylic oxidation sites excluding steroid dienone is 1. The van der Waals surface area contributed by atoms with Gasteiger partial charge in [0.1, 0.15) is 0 Å². The Morgan fingerprint density at radius 2 is 1.48 bits per heavy atom. The second kappa shape index (κ2) is 8.69. The topological polar surface area (TPSA) is 3.24 Å². The first-order valence-electron chi connectivity index (χ1n) is 8.95. The molecule has 1 saturated heterocycles. The number of hydrogen-bond acceptors (Lipinski definition) is 1. The second-order valence-electron chi connectivity index (χ2n) is 6.45. The van der Waals surface area contributed by atoms with E-state index in [0.29, 0.717) is 0 Å². The highest BCUT2D eigenvalue weighted by atomic mass is 15.1. The predicted molar refractivity (Wildman–Crippen MR) is 100 cm³/mol. The van der Waals surface area contributed by atoms with Crippen molar-refractivity contribution < 1.29 is 0 Å². The summed E-state index contributed by atoms with van der Waals surface area (Å²) in [6.45, 7) is 3.82. The van der Waals surface area contributed by atoms with Crippen LogP contribution in [0.2, 0.25) is 0 Å². The van der Waals surface area contributed by atoms with Gasteiger partial charge < -0.3 is 4.90 Å². The molecule has 0 atom stereocenters. The molecule has 1 fully saturated rings. The van der Waals surface area contributed by atoms with Gasteiger partial charge in [-0.1, -0.05) is 73.2 Å². The van der Waals surface area contributed by atoms with Gasteiger partial charge in [0.05, 0.1) is 0 Å². The Hall–Kier alpha value is -1.86. The van der Waals surface area contributed by atoms with Gasteiger partial charge in [-0.3, -0.25) is 0 Å². The van der Waals surface area contributed by atoms with E-state index < -0.39 is 0 Å². The molecule has 23 heavy (non-hydrogen) atoms. The minimum atomic E-state index is 1.15. The Morgan fingerprint density at radius 1 is 0.826 bits per heavy atom. The van der Waals surface area contributed by atoms with Gasteiger partial charge in [0.25, 0.3) is 0 Å². The van der Waals surface area contributed by atoms with Crippen molar-refractivity contribution in [2.75, 3.05) is 19.6 Å². The first-order valence-corrected chi connectivity index (χ1v) is 8.95. The van der Waals surface area contributed by atoms with Crippen LogP contribution >= 0.6 is 0 Å². The maximum Gasteiger partial charge on any atom is -0.00156 e. The van der Waals surface area contributed by atoms with Crippen molar-refractivity contribution in [3.05, 3.63) is 71.8 Å². The van der Waals surface area contributed by atoms with Crippen molar-refractivity contribution in [3.63, 3.8) is 0 Å². The van der Waals surface area contributed by atoms with Crippen molar-refractivity contribution in [2.24, 2.45) is 0 Å². The average Bonchev–Trinajstić information content (AvgIpc) is 2.63. The molecule has 2 aromatic carbocycles. The van der Waals surface area contributed by atoms with E-state index in [4.69, 9.17) is 0 Å². The number of likely N-dealkylation sites (tertiary alicyclic amines) is 1. The molecule has 0 N–H and O–H groups in total. The van der Waals surface area contributed by atoms with Crippen LogP contribution in [0.3, 0.4) is 0 Å². The Morgan fingerprint density at radius 3 is 2.17 bits per heavy atom. The van der Waals surface area contributed by atoms with E-state index >= 15 is 0 Å². The molecular weight excluding hydrogens is 278 g/mol. The number of rotatable bonds is 6. The maximum atomic E-state index is 2.63. The lowest BCUT2D eigenvalue weighted by atomic mass is 9.98. The van der Waals surface area contributed by atoms with Crippen molar-refractivity contribution in [3.8, 4) is 0 Å². The van der Waals surface area contributed by atoms with Gasteiger partial charge in [-0.05, 0) is 62.0 Å².